The number of ether oxygens (including phenoxy) is 6. The highest BCUT2D eigenvalue weighted by Crippen LogP contribution is 2.33. The van der Waals surface area contributed by atoms with Gasteiger partial charge in [-0.2, -0.15) is 0 Å². The Bertz CT molecular complexity index is 1630. The summed E-state index contributed by atoms with van der Waals surface area (Å²) >= 11 is 0. The Balaban J connectivity index is 1.39. The molecule has 3 rings (SSSR count). The first-order valence-electron chi connectivity index (χ1n) is 33.6. The van der Waals surface area contributed by atoms with Crippen LogP contribution in [-0.2, 0) is 33.2 Å². The topological polar surface area (TPSA) is 307 Å². The van der Waals surface area contributed by atoms with Crippen molar-refractivity contribution >= 4 is 5.91 Å². The predicted octanol–water partition coefficient (Wildman–Crippen LogP) is 7.88. The van der Waals surface area contributed by atoms with E-state index in [9.17, 15) is 61.0 Å². The molecule has 0 spiro atoms. The van der Waals surface area contributed by atoms with Crippen LogP contribution in [0.2, 0.25) is 0 Å². The molecule has 3 aliphatic rings. The molecule has 1 amide bonds. The average molecular weight is 1200 g/mol. The second-order valence-corrected chi connectivity index (χ2v) is 24.3. The summed E-state index contributed by atoms with van der Waals surface area (Å²) < 4.78 is 34.2. The van der Waals surface area contributed by atoms with E-state index in [0.717, 1.165) is 38.5 Å². The van der Waals surface area contributed by atoms with Crippen molar-refractivity contribution in [2.24, 2.45) is 0 Å². The maximum absolute atomic E-state index is 13.3. The van der Waals surface area contributed by atoms with Crippen molar-refractivity contribution in [3.05, 3.63) is 24.3 Å². The molecule has 84 heavy (non-hydrogen) atoms. The first-order chi connectivity index (χ1) is 40.8. The number of amides is 1. The number of carbonyl (C=O) groups is 1. The molecule has 3 aliphatic heterocycles. The first-order valence-corrected chi connectivity index (χ1v) is 33.6. The summed E-state index contributed by atoms with van der Waals surface area (Å²) in [7, 11) is 0. The molecule has 0 saturated carbocycles. The molecule has 3 fully saturated rings. The van der Waals surface area contributed by atoms with Crippen LogP contribution in [0.5, 0.6) is 0 Å². The molecule has 0 radical (unpaired) electrons. The molecule has 0 aromatic rings. The number of rotatable bonds is 51. The molecule has 17 unspecified atom stereocenters. The molecule has 17 atom stereocenters. The van der Waals surface area contributed by atoms with Crippen molar-refractivity contribution in [1.29, 1.82) is 0 Å². The van der Waals surface area contributed by atoms with Gasteiger partial charge in [0.25, 0.3) is 0 Å². The Morgan fingerprint density at radius 1 is 0.417 bits per heavy atom. The molecule has 494 valence electrons. The fraction of sp³-hybridized carbons (Fsp3) is 0.923. The van der Waals surface area contributed by atoms with Gasteiger partial charge in [0.15, 0.2) is 18.9 Å². The summed E-state index contributed by atoms with van der Waals surface area (Å²) in [6.45, 7) is 1.69. The maximum atomic E-state index is 13.3. The van der Waals surface area contributed by atoms with E-state index in [0.29, 0.717) is 12.8 Å². The van der Waals surface area contributed by atoms with Crippen molar-refractivity contribution in [3.63, 3.8) is 0 Å². The van der Waals surface area contributed by atoms with Gasteiger partial charge in [-0.15, -0.1) is 0 Å². The third-order valence-corrected chi connectivity index (χ3v) is 17.0. The van der Waals surface area contributed by atoms with E-state index < -0.39 is 124 Å². The fourth-order valence-corrected chi connectivity index (χ4v) is 11.5. The largest absolute Gasteiger partial charge is 0.394 e. The summed E-state index contributed by atoms with van der Waals surface area (Å²) in [5.41, 5.74) is 0. The monoisotopic (exact) mass is 1200 g/mol. The lowest BCUT2D eigenvalue weighted by Gasteiger charge is -2.48. The summed E-state index contributed by atoms with van der Waals surface area (Å²) in [6, 6.07) is -0.984. The lowest BCUT2D eigenvalue weighted by molar-refractivity contribution is -0.379. The fourth-order valence-electron chi connectivity index (χ4n) is 11.5. The van der Waals surface area contributed by atoms with Crippen LogP contribution in [0.4, 0.5) is 0 Å². The summed E-state index contributed by atoms with van der Waals surface area (Å²) in [5, 5.41) is 120. The van der Waals surface area contributed by atoms with Gasteiger partial charge >= 0.3 is 0 Å². The standard InChI is InChI=1S/C65H121NO18/c1-3-5-7-9-11-13-14-15-16-17-18-19-20-21-22-23-24-25-26-27-28-29-30-31-32-33-35-36-38-40-42-49(70)48(66-53(71)43-41-39-37-34-12-10-8-6-4-2)47-79-63-59(77)56(74)61(51(45-68)81-63)84-65-60(78)57(75)62(52(46-69)82-65)83-64-58(76)55(73)54(72)50(44-67)80-64/h33,35,40,42,48-52,54-65,67-70,72-78H,3-32,34,36-39,41,43-47H2,1-2H3,(H,66,71)/b35-33+,42-40+. The van der Waals surface area contributed by atoms with Crippen LogP contribution in [0.15, 0.2) is 24.3 Å². The molecule has 0 aliphatic carbocycles. The van der Waals surface area contributed by atoms with E-state index >= 15 is 0 Å². The number of hydrogen-bond acceptors (Lipinski definition) is 18. The van der Waals surface area contributed by atoms with Crippen molar-refractivity contribution < 1.29 is 89.4 Å². The zero-order valence-electron chi connectivity index (χ0n) is 51.9. The lowest BCUT2D eigenvalue weighted by atomic mass is 9.96. The van der Waals surface area contributed by atoms with Gasteiger partial charge in [-0.3, -0.25) is 4.79 Å². The molecule has 19 nitrogen and oxygen atoms in total. The lowest BCUT2D eigenvalue weighted by Crippen LogP contribution is -2.66. The number of hydrogen-bond donors (Lipinski definition) is 12. The zero-order chi connectivity index (χ0) is 61.2. The summed E-state index contributed by atoms with van der Waals surface area (Å²) in [5.74, 6) is -0.287. The van der Waals surface area contributed by atoms with E-state index in [2.05, 4.69) is 31.3 Å². The van der Waals surface area contributed by atoms with Crippen molar-refractivity contribution in [2.45, 2.75) is 356 Å². The molecule has 12 N–H and O–H groups in total. The second-order valence-electron chi connectivity index (χ2n) is 24.3. The van der Waals surface area contributed by atoms with Crippen LogP contribution in [0, 0.1) is 0 Å². The van der Waals surface area contributed by atoms with Crippen molar-refractivity contribution in [1.82, 2.24) is 5.32 Å². The van der Waals surface area contributed by atoms with E-state index in [4.69, 9.17) is 28.4 Å². The average Bonchev–Trinajstić information content (AvgIpc) is 3.13. The molecule has 0 aromatic heterocycles. The van der Waals surface area contributed by atoms with Gasteiger partial charge < -0.3 is 89.9 Å². The van der Waals surface area contributed by atoms with E-state index in [1.807, 2.05) is 6.08 Å². The Morgan fingerprint density at radius 3 is 1.19 bits per heavy atom. The Labute approximate surface area is 505 Å². The Morgan fingerprint density at radius 2 is 0.762 bits per heavy atom. The van der Waals surface area contributed by atoms with Crippen LogP contribution < -0.4 is 5.32 Å². The Hall–Kier alpha value is -1.73. The molecule has 0 aromatic carbocycles. The highest BCUT2D eigenvalue weighted by atomic mass is 16.8. The summed E-state index contributed by atoms with van der Waals surface area (Å²) in [6.07, 6.45) is 26.4. The number of nitrogens with one attached hydrogen (secondary N) is 1. The molecular weight excluding hydrogens is 1080 g/mol. The highest BCUT2D eigenvalue weighted by Gasteiger charge is 2.53. The number of allylic oxidation sites excluding steroid dienone is 3. The van der Waals surface area contributed by atoms with Crippen LogP contribution in [0.25, 0.3) is 0 Å². The van der Waals surface area contributed by atoms with Gasteiger partial charge in [-0.1, -0.05) is 237 Å². The van der Waals surface area contributed by atoms with Crippen LogP contribution in [-0.4, -0.2) is 193 Å². The van der Waals surface area contributed by atoms with Crippen LogP contribution >= 0.6 is 0 Å². The van der Waals surface area contributed by atoms with Crippen LogP contribution in [0.3, 0.4) is 0 Å². The Kier molecular flexibility index (Phi) is 43.9. The minimum Gasteiger partial charge on any atom is -0.394 e. The van der Waals surface area contributed by atoms with Gasteiger partial charge in [0, 0.05) is 6.42 Å². The van der Waals surface area contributed by atoms with E-state index in [1.165, 1.54) is 180 Å². The molecule has 19 heteroatoms. The molecule has 3 heterocycles. The normalized spacial score (nSPS) is 29.3. The summed E-state index contributed by atoms with van der Waals surface area (Å²) in [4.78, 5) is 13.3. The second kappa shape index (κ2) is 48.2. The third kappa shape index (κ3) is 30.7. The predicted molar refractivity (Wildman–Crippen MR) is 323 cm³/mol. The van der Waals surface area contributed by atoms with E-state index in [1.54, 1.807) is 6.08 Å². The minimum absolute atomic E-state index is 0.238. The van der Waals surface area contributed by atoms with Crippen molar-refractivity contribution in [3.8, 4) is 0 Å². The smallest absolute Gasteiger partial charge is 0.220 e. The zero-order valence-corrected chi connectivity index (χ0v) is 51.9. The van der Waals surface area contributed by atoms with Gasteiger partial charge in [0.1, 0.15) is 73.2 Å². The van der Waals surface area contributed by atoms with Gasteiger partial charge in [-0.05, 0) is 32.1 Å². The van der Waals surface area contributed by atoms with Crippen LogP contribution in [0.1, 0.15) is 251 Å². The number of aliphatic hydroxyl groups excluding tert-OH is 11. The molecule has 3 saturated heterocycles. The minimum atomic E-state index is -1.98. The number of carbonyl (C=O) groups excluding carboxylic acids is 1. The maximum Gasteiger partial charge on any atom is 0.220 e. The van der Waals surface area contributed by atoms with E-state index in [-0.39, 0.29) is 18.9 Å². The highest BCUT2D eigenvalue weighted by molar-refractivity contribution is 5.76. The molecule has 0 bridgehead atoms. The van der Waals surface area contributed by atoms with Gasteiger partial charge in [0.05, 0.1) is 38.6 Å². The number of unbranched alkanes of at least 4 members (excludes halogenated alkanes) is 33. The third-order valence-electron chi connectivity index (χ3n) is 17.0. The van der Waals surface area contributed by atoms with Crippen molar-refractivity contribution in [2.75, 3.05) is 26.4 Å². The SMILES string of the molecule is CCCCCCCCCCCCCCCCCCCCCCCCCC/C=C/CC/C=C/C(O)C(COC1OC(CO)C(OC2OC(CO)C(OC3OC(CO)C(O)C(O)C3O)C(O)C2O)C(O)C1O)NC(=O)CCCCCCCCCCC. The number of aliphatic hydroxyl groups is 11. The quantitative estimate of drug-likeness (QED) is 0.0204. The van der Waals surface area contributed by atoms with Gasteiger partial charge in [-0.25, -0.2) is 0 Å². The first kappa shape index (κ1) is 76.5. The van der Waals surface area contributed by atoms with Gasteiger partial charge in [0.2, 0.25) is 5.91 Å². The molecular formula is C65H121NO18.